The van der Waals surface area contributed by atoms with Crippen molar-refractivity contribution >= 4 is 23.8 Å². The highest BCUT2D eigenvalue weighted by Crippen LogP contribution is 2.38. The standard InChI is InChI=1S/C18H29N3O5/c1-4-5-10-20(3)14(22)12-26-15(23)11-21-16(24)18(19-17(21)25)9-7-6-8-13(18)2/h13H,4-12H2,1-3H3,(H,19,25)/t13-,18-/m1/s1. The Hall–Kier alpha value is -2.12. The molecule has 1 saturated carbocycles. The summed E-state index contributed by atoms with van der Waals surface area (Å²) in [5, 5.41) is 2.78. The van der Waals surface area contributed by atoms with Gasteiger partial charge in [0.2, 0.25) is 0 Å². The van der Waals surface area contributed by atoms with Crippen LogP contribution < -0.4 is 5.32 Å². The van der Waals surface area contributed by atoms with Crippen LogP contribution >= 0.6 is 0 Å². The molecule has 0 aromatic rings. The van der Waals surface area contributed by atoms with Gasteiger partial charge in [0.05, 0.1) is 0 Å². The molecule has 8 heteroatoms. The summed E-state index contributed by atoms with van der Waals surface area (Å²) in [6.45, 7) is 3.72. The van der Waals surface area contributed by atoms with Crippen molar-refractivity contribution in [1.29, 1.82) is 0 Å². The lowest BCUT2D eigenvalue weighted by molar-refractivity contribution is -0.153. The van der Waals surface area contributed by atoms with Gasteiger partial charge in [0.25, 0.3) is 11.8 Å². The molecule has 8 nitrogen and oxygen atoms in total. The number of carbonyl (C=O) groups is 4. The van der Waals surface area contributed by atoms with Gasteiger partial charge in [-0.15, -0.1) is 0 Å². The Morgan fingerprint density at radius 3 is 2.73 bits per heavy atom. The van der Waals surface area contributed by atoms with Crippen LogP contribution in [0.4, 0.5) is 4.79 Å². The number of hydrogen-bond donors (Lipinski definition) is 1. The minimum atomic E-state index is -0.897. The molecule has 2 rings (SSSR count). The van der Waals surface area contributed by atoms with Crippen molar-refractivity contribution in [3.05, 3.63) is 0 Å². The van der Waals surface area contributed by atoms with Crippen LogP contribution in [0.15, 0.2) is 0 Å². The summed E-state index contributed by atoms with van der Waals surface area (Å²) in [4.78, 5) is 51.3. The Morgan fingerprint density at radius 1 is 1.35 bits per heavy atom. The largest absolute Gasteiger partial charge is 0.454 e. The second-order valence-corrected chi connectivity index (χ2v) is 7.27. The lowest BCUT2D eigenvalue weighted by atomic mass is 9.73. The molecule has 0 unspecified atom stereocenters. The third kappa shape index (κ3) is 4.16. The Kier molecular flexibility index (Phi) is 6.61. The van der Waals surface area contributed by atoms with Crippen LogP contribution in [0.5, 0.6) is 0 Å². The van der Waals surface area contributed by atoms with Crippen LogP contribution in [0.25, 0.3) is 0 Å². The van der Waals surface area contributed by atoms with Crippen LogP contribution in [-0.2, 0) is 19.1 Å². The van der Waals surface area contributed by atoms with Gasteiger partial charge in [-0.2, -0.15) is 0 Å². The Labute approximate surface area is 154 Å². The van der Waals surface area contributed by atoms with Crippen LogP contribution in [-0.4, -0.2) is 65.9 Å². The highest BCUT2D eigenvalue weighted by molar-refractivity contribution is 6.09. The monoisotopic (exact) mass is 367 g/mol. The quantitative estimate of drug-likeness (QED) is 0.540. The molecule has 1 aliphatic heterocycles. The summed E-state index contributed by atoms with van der Waals surface area (Å²) in [5.74, 6) is -1.40. The maximum absolute atomic E-state index is 12.8. The number of urea groups is 1. The summed E-state index contributed by atoms with van der Waals surface area (Å²) in [6, 6.07) is -0.563. The predicted octanol–water partition coefficient (Wildman–Crippen LogP) is 1.29. The molecule has 1 saturated heterocycles. The van der Waals surface area contributed by atoms with Gasteiger partial charge in [0.15, 0.2) is 6.61 Å². The zero-order chi connectivity index (χ0) is 19.3. The number of carbonyl (C=O) groups excluding carboxylic acids is 4. The Morgan fingerprint density at radius 2 is 2.08 bits per heavy atom. The van der Waals surface area contributed by atoms with Gasteiger partial charge >= 0.3 is 12.0 Å². The van der Waals surface area contributed by atoms with Gasteiger partial charge in [-0.25, -0.2) is 4.79 Å². The van der Waals surface area contributed by atoms with E-state index in [2.05, 4.69) is 5.32 Å². The molecular formula is C18H29N3O5. The second kappa shape index (κ2) is 8.51. The number of nitrogens with one attached hydrogen (secondary N) is 1. The zero-order valence-corrected chi connectivity index (χ0v) is 15.9. The molecule has 0 aromatic heterocycles. The molecule has 2 atom stereocenters. The maximum atomic E-state index is 12.8. The molecule has 0 radical (unpaired) electrons. The molecular weight excluding hydrogens is 338 g/mol. The third-order valence-corrected chi connectivity index (χ3v) is 5.42. The van der Waals surface area contributed by atoms with Crippen molar-refractivity contribution in [1.82, 2.24) is 15.1 Å². The summed E-state index contributed by atoms with van der Waals surface area (Å²) in [6.07, 6.45) is 5.19. The molecule has 146 valence electrons. The van der Waals surface area contributed by atoms with Crippen molar-refractivity contribution in [3.63, 3.8) is 0 Å². The van der Waals surface area contributed by atoms with E-state index >= 15 is 0 Å². The van der Waals surface area contributed by atoms with E-state index in [0.717, 1.165) is 37.0 Å². The lowest BCUT2D eigenvalue weighted by Crippen LogP contribution is -2.54. The average Bonchev–Trinajstić information content (AvgIpc) is 2.85. The SMILES string of the molecule is CCCCN(C)C(=O)COC(=O)CN1C(=O)N[C@@]2(CCCC[C@H]2C)C1=O. The first-order valence-electron chi connectivity index (χ1n) is 9.35. The minimum Gasteiger partial charge on any atom is -0.454 e. The van der Waals surface area contributed by atoms with E-state index < -0.39 is 24.1 Å². The molecule has 2 fully saturated rings. The number of amides is 4. The highest BCUT2D eigenvalue weighted by Gasteiger charge is 2.55. The lowest BCUT2D eigenvalue weighted by Gasteiger charge is -2.36. The van der Waals surface area contributed by atoms with Gasteiger partial charge in [0.1, 0.15) is 12.1 Å². The minimum absolute atomic E-state index is 0.0301. The molecule has 0 aromatic carbocycles. The molecule has 4 amide bonds. The van der Waals surface area contributed by atoms with E-state index in [1.54, 1.807) is 7.05 Å². The van der Waals surface area contributed by atoms with Crippen molar-refractivity contribution < 1.29 is 23.9 Å². The summed E-state index contributed by atoms with van der Waals surface area (Å²) >= 11 is 0. The molecule has 1 N–H and O–H groups in total. The fourth-order valence-corrected chi connectivity index (χ4v) is 3.59. The summed E-state index contributed by atoms with van der Waals surface area (Å²) < 4.78 is 4.96. The van der Waals surface area contributed by atoms with Gasteiger partial charge in [-0.3, -0.25) is 19.3 Å². The molecule has 2 aliphatic rings. The number of esters is 1. The Bertz CT molecular complexity index is 579. The maximum Gasteiger partial charge on any atom is 0.326 e. The van der Waals surface area contributed by atoms with Crippen LogP contribution in [0.2, 0.25) is 0 Å². The number of rotatable bonds is 7. The Balaban J connectivity index is 1.88. The van der Waals surface area contributed by atoms with Crippen molar-refractivity contribution in [2.45, 2.75) is 57.9 Å². The first-order valence-corrected chi connectivity index (χ1v) is 9.35. The predicted molar refractivity (Wildman–Crippen MR) is 94.1 cm³/mol. The van der Waals surface area contributed by atoms with Crippen molar-refractivity contribution in [3.8, 4) is 0 Å². The van der Waals surface area contributed by atoms with E-state index in [1.807, 2.05) is 13.8 Å². The van der Waals surface area contributed by atoms with Gasteiger partial charge in [-0.1, -0.05) is 33.1 Å². The fourth-order valence-electron chi connectivity index (χ4n) is 3.59. The smallest absolute Gasteiger partial charge is 0.326 e. The molecule has 0 bridgehead atoms. The molecule has 26 heavy (non-hydrogen) atoms. The average molecular weight is 367 g/mol. The molecule has 1 spiro atoms. The van der Waals surface area contributed by atoms with E-state index in [9.17, 15) is 19.2 Å². The number of hydrogen-bond acceptors (Lipinski definition) is 5. The van der Waals surface area contributed by atoms with Gasteiger partial charge in [-0.05, 0) is 25.2 Å². The van der Waals surface area contributed by atoms with Crippen molar-refractivity contribution in [2.24, 2.45) is 5.92 Å². The van der Waals surface area contributed by atoms with Crippen LogP contribution in [0.3, 0.4) is 0 Å². The zero-order valence-electron chi connectivity index (χ0n) is 15.9. The van der Waals surface area contributed by atoms with Gasteiger partial charge < -0.3 is 15.0 Å². The first kappa shape index (κ1) is 20.2. The number of nitrogens with zero attached hydrogens (tertiary/aromatic N) is 2. The topological polar surface area (TPSA) is 96.0 Å². The first-order chi connectivity index (χ1) is 12.3. The van der Waals surface area contributed by atoms with Crippen LogP contribution in [0, 0.1) is 5.92 Å². The second-order valence-electron chi connectivity index (χ2n) is 7.27. The summed E-state index contributed by atoms with van der Waals surface area (Å²) in [5.41, 5.74) is -0.897. The van der Waals surface area contributed by atoms with E-state index in [1.165, 1.54) is 4.90 Å². The number of ether oxygens (including phenoxy) is 1. The highest BCUT2D eigenvalue weighted by atomic mass is 16.5. The normalized spacial score (nSPS) is 25.3. The number of unbranched alkanes of at least 4 members (excludes halogenated alkanes) is 1. The molecule has 1 aliphatic carbocycles. The third-order valence-electron chi connectivity index (χ3n) is 5.42. The van der Waals surface area contributed by atoms with E-state index in [4.69, 9.17) is 4.74 Å². The van der Waals surface area contributed by atoms with Gasteiger partial charge in [0, 0.05) is 13.6 Å². The van der Waals surface area contributed by atoms with Crippen molar-refractivity contribution in [2.75, 3.05) is 26.7 Å². The summed E-state index contributed by atoms with van der Waals surface area (Å²) in [7, 11) is 1.65. The van der Waals surface area contributed by atoms with E-state index in [-0.39, 0.29) is 24.3 Å². The van der Waals surface area contributed by atoms with E-state index in [0.29, 0.717) is 13.0 Å². The fraction of sp³-hybridized carbons (Fsp3) is 0.778. The molecule has 1 heterocycles. The van der Waals surface area contributed by atoms with Crippen LogP contribution in [0.1, 0.15) is 52.4 Å². The number of imide groups is 1. The number of likely N-dealkylation sites (N-methyl/N-ethyl adjacent to an activating group) is 1.